The third kappa shape index (κ3) is 4.35. The predicted molar refractivity (Wildman–Crippen MR) is 60.5 cm³/mol. The number of benzene rings is 1. The molecule has 0 aliphatic heterocycles. The average Bonchev–Trinajstić information content (AvgIpc) is 2.18. The van der Waals surface area contributed by atoms with Crippen molar-refractivity contribution >= 4 is 21.7 Å². The fourth-order valence-corrected chi connectivity index (χ4v) is 1.45. The number of hydrogen-bond donors (Lipinski definition) is 0. The zero-order valence-corrected chi connectivity index (χ0v) is 10.7. The molecule has 0 N–H and O–H groups in total. The van der Waals surface area contributed by atoms with Gasteiger partial charge < -0.3 is 0 Å². The topological polar surface area (TPSA) is 17.1 Å². The number of carbonyl (C=O) groups is 1. The molecule has 5 heteroatoms. The summed E-state index contributed by atoms with van der Waals surface area (Å²) in [7, 11) is 0. The Morgan fingerprint density at radius 3 is 2.06 bits per heavy atom. The second-order valence-electron chi connectivity index (χ2n) is 2.78. The number of Topliss-reactive ketones (excluding diaryl/α,β-unsaturated/α-hetero) is 1. The van der Waals surface area contributed by atoms with Gasteiger partial charge in [-0.2, -0.15) is 13.2 Å². The zero-order chi connectivity index (χ0) is 12.9. The minimum absolute atomic E-state index is 0.0479. The fourth-order valence-electron chi connectivity index (χ4n) is 0.957. The van der Waals surface area contributed by atoms with Crippen LogP contribution < -0.4 is 0 Å². The summed E-state index contributed by atoms with van der Waals surface area (Å²) in [6.07, 6.45) is -4.42. The van der Waals surface area contributed by atoms with E-state index in [1.807, 2.05) is 13.8 Å². The first-order valence-corrected chi connectivity index (χ1v) is 5.49. The molecule has 0 bridgehead atoms. The number of ketones is 1. The molecule has 1 rings (SSSR count). The predicted octanol–water partition coefficient (Wildman–Crippen LogP) is 4.70. The minimum Gasteiger partial charge on any atom is -0.295 e. The summed E-state index contributed by atoms with van der Waals surface area (Å²) in [5.74, 6) is -0.392. The van der Waals surface area contributed by atoms with E-state index in [9.17, 15) is 18.0 Å². The van der Waals surface area contributed by atoms with Gasteiger partial charge in [0.1, 0.15) is 0 Å². The minimum atomic E-state index is -4.42. The van der Waals surface area contributed by atoms with Gasteiger partial charge in [0, 0.05) is 10.0 Å². The van der Waals surface area contributed by atoms with Crippen LogP contribution >= 0.6 is 15.9 Å². The zero-order valence-electron chi connectivity index (χ0n) is 9.15. The fraction of sp³-hybridized carbons (Fsp3) is 0.364. The second kappa shape index (κ2) is 6.03. The Kier molecular flexibility index (Phi) is 5.72. The Labute approximate surface area is 101 Å². The van der Waals surface area contributed by atoms with Gasteiger partial charge in [0.05, 0.1) is 5.56 Å². The highest BCUT2D eigenvalue weighted by Crippen LogP contribution is 2.32. The lowest BCUT2D eigenvalue weighted by atomic mass is 10.1. The van der Waals surface area contributed by atoms with E-state index in [1.165, 1.54) is 13.0 Å². The number of rotatable bonds is 1. The van der Waals surface area contributed by atoms with E-state index in [0.717, 1.165) is 12.1 Å². The SMILES string of the molecule is CC.CC(=O)c1cc(Br)cc(C(F)(F)F)c1. The standard InChI is InChI=1S/C9H6BrF3O.C2H6/c1-5(14)6-2-7(9(11,12)13)4-8(10)3-6;1-2/h2-4H,1H3;1-2H3. The summed E-state index contributed by atoms with van der Waals surface area (Å²) in [5, 5.41) is 0. The summed E-state index contributed by atoms with van der Waals surface area (Å²) in [5.41, 5.74) is -0.774. The van der Waals surface area contributed by atoms with E-state index in [2.05, 4.69) is 15.9 Å². The highest BCUT2D eigenvalue weighted by Gasteiger charge is 2.31. The number of hydrogen-bond acceptors (Lipinski definition) is 1. The quantitative estimate of drug-likeness (QED) is 0.687. The maximum Gasteiger partial charge on any atom is 0.416 e. The Hall–Kier alpha value is -0.840. The Morgan fingerprint density at radius 1 is 1.19 bits per heavy atom. The van der Waals surface area contributed by atoms with Crippen LogP contribution in [-0.2, 0) is 6.18 Å². The van der Waals surface area contributed by atoms with Crippen LogP contribution in [0, 0.1) is 0 Å². The van der Waals surface area contributed by atoms with Crippen molar-refractivity contribution in [2.24, 2.45) is 0 Å². The van der Waals surface area contributed by atoms with Crippen LogP contribution in [0.15, 0.2) is 22.7 Å². The molecule has 0 aliphatic rings. The molecule has 0 aromatic heterocycles. The van der Waals surface area contributed by atoms with Crippen LogP contribution in [0.2, 0.25) is 0 Å². The van der Waals surface area contributed by atoms with Gasteiger partial charge in [-0.1, -0.05) is 29.8 Å². The van der Waals surface area contributed by atoms with Crippen LogP contribution in [0.5, 0.6) is 0 Å². The van der Waals surface area contributed by atoms with Gasteiger partial charge in [-0.3, -0.25) is 4.79 Å². The van der Waals surface area contributed by atoms with Gasteiger partial charge in [0.15, 0.2) is 5.78 Å². The maximum absolute atomic E-state index is 12.3. The first-order chi connectivity index (χ1) is 7.30. The van der Waals surface area contributed by atoms with Gasteiger partial charge in [0.25, 0.3) is 0 Å². The molecular formula is C11H12BrF3O. The molecule has 1 aromatic carbocycles. The summed E-state index contributed by atoms with van der Waals surface area (Å²) in [6.45, 7) is 5.22. The van der Waals surface area contributed by atoms with Gasteiger partial charge in [-0.25, -0.2) is 0 Å². The molecule has 0 aliphatic carbocycles. The van der Waals surface area contributed by atoms with Gasteiger partial charge in [-0.15, -0.1) is 0 Å². The Balaban J connectivity index is 0.00000106. The molecule has 1 nitrogen and oxygen atoms in total. The van der Waals surface area contributed by atoms with E-state index >= 15 is 0 Å². The van der Waals surface area contributed by atoms with Crippen molar-refractivity contribution in [2.75, 3.05) is 0 Å². The molecule has 1 aromatic rings. The van der Waals surface area contributed by atoms with Gasteiger partial charge in [-0.05, 0) is 25.1 Å². The summed E-state index contributed by atoms with van der Waals surface area (Å²) in [6, 6.07) is 3.14. The number of carbonyl (C=O) groups excluding carboxylic acids is 1. The summed E-state index contributed by atoms with van der Waals surface area (Å²) in [4.78, 5) is 10.9. The number of alkyl halides is 3. The largest absolute Gasteiger partial charge is 0.416 e. The van der Waals surface area contributed by atoms with E-state index in [1.54, 1.807) is 0 Å². The molecule has 0 radical (unpaired) electrons. The van der Waals surface area contributed by atoms with Gasteiger partial charge in [0.2, 0.25) is 0 Å². The van der Waals surface area contributed by atoms with Gasteiger partial charge >= 0.3 is 6.18 Å². The smallest absolute Gasteiger partial charge is 0.295 e. The molecule has 0 saturated heterocycles. The molecule has 0 spiro atoms. The van der Waals surface area contributed by atoms with Crippen LogP contribution in [-0.4, -0.2) is 5.78 Å². The Morgan fingerprint density at radius 2 is 1.69 bits per heavy atom. The molecule has 0 heterocycles. The molecular weight excluding hydrogens is 285 g/mol. The lowest BCUT2D eigenvalue weighted by molar-refractivity contribution is -0.137. The molecule has 0 atom stereocenters. The third-order valence-electron chi connectivity index (χ3n) is 1.63. The first-order valence-electron chi connectivity index (χ1n) is 4.69. The van der Waals surface area contributed by atoms with Crippen molar-refractivity contribution in [3.8, 4) is 0 Å². The van der Waals surface area contributed by atoms with Crippen molar-refractivity contribution in [3.05, 3.63) is 33.8 Å². The van der Waals surface area contributed by atoms with Crippen molar-refractivity contribution < 1.29 is 18.0 Å². The van der Waals surface area contributed by atoms with Crippen LogP contribution in [0.4, 0.5) is 13.2 Å². The average molecular weight is 297 g/mol. The van der Waals surface area contributed by atoms with Crippen molar-refractivity contribution in [1.82, 2.24) is 0 Å². The molecule has 0 unspecified atom stereocenters. The first kappa shape index (κ1) is 15.2. The van der Waals surface area contributed by atoms with Crippen LogP contribution in [0.1, 0.15) is 36.7 Å². The normalized spacial score (nSPS) is 10.4. The molecule has 90 valence electrons. The Bertz CT molecular complexity index is 372. The highest BCUT2D eigenvalue weighted by atomic mass is 79.9. The van der Waals surface area contributed by atoms with Crippen molar-refractivity contribution in [1.29, 1.82) is 0 Å². The van der Waals surface area contributed by atoms with Crippen molar-refractivity contribution in [3.63, 3.8) is 0 Å². The van der Waals surface area contributed by atoms with E-state index in [4.69, 9.17) is 0 Å². The molecule has 16 heavy (non-hydrogen) atoms. The lowest BCUT2D eigenvalue weighted by Gasteiger charge is -2.08. The molecule has 0 fully saturated rings. The van der Waals surface area contributed by atoms with Crippen molar-refractivity contribution in [2.45, 2.75) is 26.9 Å². The van der Waals surface area contributed by atoms with E-state index < -0.39 is 17.5 Å². The lowest BCUT2D eigenvalue weighted by Crippen LogP contribution is -2.06. The molecule has 0 saturated carbocycles. The monoisotopic (exact) mass is 296 g/mol. The molecule has 0 amide bonds. The second-order valence-corrected chi connectivity index (χ2v) is 3.70. The summed E-state index contributed by atoms with van der Waals surface area (Å²) < 4.78 is 37.1. The van der Waals surface area contributed by atoms with Crippen LogP contribution in [0.3, 0.4) is 0 Å². The van der Waals surface area contributed by atoms with E-state index in [-0.39, 0.29) is 10.0 Å². The third-order valence-corrected chi connectivity index (χ3v) is 2.09. The van der Waals surface area contributed by atoms with E-state index in [0.29, 0.717) is 0 Å². The number of halogens is 4. The summed E-state index contributed by atoms with van der Waals surface area (Å²) >= 11 is 2.92. The maximum atomic E-state index is 12.3. The highest BCUT2D eigenvalue weighted by molar-refractivity contribution is 9.10. The van der Waals surface area contributed by atoms with Crippen LogP contribution in [0.25, 0.3) is 0 Å².